The van der Waals surface area contributed by atoms with Crippen LogP contribution in [0, 0.1) is 13.8 Å². The molecule has 0 radical (unpaired) electrons. The molecule has 49 heavy (non-hydrogen) atoms. The summed E-state index contributed by atoms with van der Waals surface area (Å²) in [6.45, 7) is 5.00. The van der Waals surface area contributed by atoms with E-state index in [4.69, 9.17) is 11.6 Å². The molecule has 2 amide bonds. The third-order valence-corrected chi connectivity index (χ3v) is 10.3. The normalized spacial score (nSPS) is 12.3. The molecule has 7 nitrogen and oxygen atoms in total. The molecule has 4 aromatic rings. The van der Waals surface area contributed by atoms with Crippen molar-refractivity contribution in [2.75, 3.05) is 17.4 Å². The summed E-state index contributed by atoms with van der Waals surface area (Å²) in [5.74, 6) is -1.22. The summed E-state index contributed by atoms with van der Waals surface area (Å²) in [5.41, 5.74) is 1.41. The molecule has 1 atom stereocenters. The number of alkyl halides is 3. The first-order valence-corrected chi connectivity index (χ1v) is 17.7. The van der Waals surface area contributed by atoms with Gasteiger partial charge in [-0.1, -0.05) is 97.2 Å². The third kappa shape index (κ3) is 9.64. The molecule has 12 heteroatoms. The summed E-state index contributed by atoms with van der Waals surface area (Å²) in [6.07, 6.45) is -3.26. The van der Waals surface area contributed by atoms with Crippen molar-refractivity contribution in [1.82, 2.24) is 10.2 Å². The fourth-order valence-corrected chi connectivity index (χ4v) is 6.91. The number of nitrogens with one attached hydrogen (secondary N) is 1. The molecule has 1 N–H and O–H groups in total. The standard InChI is InChI=1S/C37H39ClF3N3O4S/c1-4-5-21-42-36(46)34(22-28-12-7-6-8-13-28)43(24-29-14-10-9-11-27(29)3)35(45)25-44(49(47,48)31-18-15-26(2)16-19-31)30-17-20-33(38)32(23-30)37(39,40)41/h6-20,23,34H,4-5,21-22,24-25H2,1-3H3,(H,42,46)/t34-/m0/s1. The van der Waals surface area contributed by atoms with Crippen LogP contribution < -0.4 is 9.62 Å². The molecular formula is C37H39ClF3N3O4S. The highest BCUT2D eigenvalue weighted by molar-refractivity contribution is 7.92. The van der Waals surface area contributed by atoms with Crippen LogP contribution in [0.25, 0.3) is 0 Å². The van der Waals surface area contributed by atoms with E-state index in [2.05, 4.69) is 5.32 Å². The van der Waals surface area contributed by atoms with Gasteiger partial charge in [0.1, 0.15) is 12.6 Å². The predicted octanol–water partition coefficient (Wildman–Crippen LogP) is 7.73. The Morgan fingerprint density at radius 3 is 2.18 bits per heavy atom. The number of hydrogen-bond acceptors (Lipinski definition) is 4. The Labute approximate surface area is 290 Å². The Balaban J connectivity index is 1.86. The summed E-state index contributed by atoms with van der Waals surface area (Å²) in [5, 5.41) is 2.29. The summed E-state index contributed by atoms with van der Waals surface area (Å²) in [7, 11) is -4.60. The first-order chi connectivity index (χ1) is 23.2. The number of rotatable bonds is 14. The van der Waals surface area contributed by atoms with Crippen LogP contribution in [0.2, 0.25) is 5.02 Å². The maximum Gasteiger partial charge on any atom is 0.417 e. The molecule has 0 aliphatic carbocycles. The van der Waals surface area contributed by atoms with E-state index in [-0.39, 0.29) is 17.9 Å². The van der Waals surface area contributed by atoms with Crippen molar-refractivity contribution in [3.8, 4) is 0 Å². The minimum absolute atomic E-state index is 0.0585. The summed E-state index contributed by atoms with van der Waals surface area (Å²) < 4.78 is 71.0. The van der Waals surface area contributed by atoms with Crippen LogP contribution in [0.4, 0.5) is 18.9 Å². The molecule has 0 bridgehead atoms. The third-order valence-electron chi connectivity index (χ3n) is 8.13. The average Bonchev–Trinajstić information content (AvgIpc) is 3.06. The lowest BCUT2D eigenvalue weighted by Crippen LogP contribution is -2.53. The van der Waals surface area contributed by atoms with Crippen LogP contribution in [0.3, 0.4) is 0 Å². The van der Waals surface area contributed by atoms with Gasteiger partial charge in [0.25, 0.3) is 10.0 Å². The number of sulfonamides is 1. The molecule has 0 unspecified atom stereocenters. The molecule has 0 aliphatic heterocycles. The van der Waals surface area contributed by atoms with Crippen molar-refractivity contribution in [2.24, 2.45) is 0 Å². The van der Waals surface area contributed by atoms with Crippen molar-refractivity contribution in [3.63, 3.8) is 0 Å². The van der Waals surface area contributed by atoms with Gasteiger partial charge in [-0.2, -0.15) is 13.2 Å². The van der Waals surface area contributed by atoms with Crippen LogP contribution in [-0.4, -0.2) is 44.3 Å². The molecular weight excluding hydrogens is 675 g/mol. The Bertz CT molecular complexity index is 1850. The van der Waals surface area contributed by atoms with Crippen LogP contribution in [-0.2, 0) is 38.8 Å². The van der Waals surface area contributed by atoms with Gasteiger partial charge in [0.05, 0.1) is 21.2 Å². The van der Waals surface area contributed by atoms with E-state index in [9.17, 15) is 31.2 Å². The van der Waals surface area contributed by atoms with E-state index in [0.29, 0.717) is 28.9 Å². The van der Waals surface area contributed by atoms with Crippen molar-refractivity contribution in [2.45, 2.75) is 63.7 Å². The fourth-order valence-electron chi connectivity index (χ4n) is 5.28. The molecule has 0 saturated heterocycles. The maximum absolute atomic E-state index is 14.6. The summed E-state index contributed by atoms with van der Waals surface area (Å²) in [6, 6.07) is 23.7. The van der Waals surface area contributed by atoms with E-state index in [1.54, 1.807) is 31.2 Å². The molecule has 260 valence electrons. The second-order valence-electron chi connectivity index (χ2n) is 11.8. The Kier molecular flexibility index (Phi) is 12.5. The van der Waals surface area contributed by atoms with Gasteiger partial charge >= 0.3 is 6.18 Å². The van der Waals surface area contributed by atoms with Gasteiger partial charge in [-0.25, -0.2) is 8.42 Å². The lowest BCUT2D eigenvalue weighted by Gasteiger charge is -2.34. The van der Waals surface area contributed by atoms with E-state index in [1.807, 2.05) is 56.3 Å². The summed E-state index contributed by atoms with van der Waals surface area (Å²) >= 11 is 5.89. The van der Waals surface area contributed by atoms with Crippen molar-refractivity contribution in [3.05, 3.63) is 130 Å². The number of halogens is 4. The monoisotopic (exact) mass is 713 g/mol. The molecule has 0 spiro atoms. The van der Waals surface area contributed by atoms with Gasteiger partial charge in [-0.15, -0.1) is 0 Å². The van der Waals surface area contributed by atoms with Crippen LogP contribution in [0.15, 0.2) is 102 Å². The number of unbranched alkanes of at least 4 members (excludes halogenated alkanes) is 1. The smallest absolute Gasteiger partial charge is 0.354 e. The zero-order valence-electron chi connectivity index (χ0n) is 27.5. The topological polar surface area (TPSA) is 86.8 Å². The van der Waals surface area contributed by atoms with E-state index >= 15 is 0 Å². The van der Waals surface area contributed by atoms with Gasteiger partial charge < -0.3 is 10.2 Å². The molecule has 0 aliphatic rings. The minimum Gasteiger partial charge on any atom is -0.354 e. The first-order valence-electron chi connectivity index (χ1n) is 15.8. The fraction of sp³-hybridized carbons (Fsp3) is 0.297. The SMILES string of the molecule is CCCCNC(=O)[C@H](Cc1ccccc1)N(Cc1ccccc1C)C(=O)CN(c1ccc(Cl)c(C(F)(F)F)c1)S(=O)(=O)c1ccc(C)cc1. The minimum atomic E-state index is -4.90. The lowest BCUT2D eigenvalue weighted by molar-refractivity contribution is -0.140. The zero-order valence-corrected chi connectivity index (χ0v) is 29.1. The van der Waals surface area contributed by atoms with Gasteiger partial charge in [-0.3, -0.25) is 13.9 Å². The number of benzene rings is 4. The zero-order chi connectivity index (χ0) is 35.8. The van der Waals surface area contributed by atoms with E-state index in [1.165, 1.54) is 17.0 Å². The number of anilines is 1. The Morgan fingerprint density at radius 2 is 1.55 bits per heavy atom. The second-order valence-corrected chi connectivity index (χ2v) is 14.1. The van der Waals surface area contributed by atoms with Crippen molar-refractivity contribution in [1.29, 1.82) is 0 Å². The summed E-state index contributed by atoms with van der Waals surface area (Å²) in [4.78, 5) is 29.5. The number of carbonyl (C=O) groups excluding carboxylic acids is 2. The number of hydrogen-bond donors (Lipinski definition) is 1. The number of aryl methyl sites for hydroxylation is 2. The molecule has 0 aromatic heterocycles. The van der Waals surface area contributed by atoms with Crippen LogP contribution in [0.5, 0.6) is 0 Å². The highest BCUT2D eigenvalue weighted by Crippen LogP contribution is 2.38. The van der Waals surface area contributed by atoms with Gasteiger partial charge in [0, 0.05) is 19.5 Å². The van der Waals surface area contributed by atoms with Crippen molar-refractivity contribution < 1.29 is 31.2 Å². The molecule has 0 fully saturated rings. The lowest BCUT2D eigenvalue weighted by atomic mass is 10.0. The molecule has 0 saturated carbocycles. The van der Waals surface area contributed by atoms with Gasteiger partial charge in [-0.05, 0) is 67.3 Å². The number of carbonyl (C=O) groups is 2. The molecule has 4 rings (SSSR count). The second kappa shape index (κ2) is 16.4. The molecule has 0 heterocycles. The van der Waals surface area contributed by atoms with Crippen molar-refractivity contribution >= 4 is 39.1 Å². The molecule has 4 aromatic carbocycles. The van der Waals surface area contributed by atoms with Crippen LogP contribution >= 0.6 is 11.6 Å². The number of amides is 2. The van der Waals surface area contributed by atoms with E-state index < -0.39 is 56.9 Å². The average molecular weight is 714 g/mol. The Hall–Kier alpha value is -4.35. The van der Waals surface area contributed by atoms with Gasteiger partial charge in [0.2, 0.25) is 11.8 Å². The highest BCUT2D eigenvalue weighted by Gasteiger charge is 2.37. The Morgan fingerprint density at radius 1 is 0.898 bits per heavy atom. The highest BCUT2D eigenvalue weighted by atomic mass is 35.5. The predicted molar refractivity (Wildman–Crippen MR) is 186 cm³/mol. The largest absolute Gasteiger partial charge is 0.417 e. The van der Waals surface area contributed by atoms with E-state index in [0.717, 1.165) is 35.2 Å². The first kappa shape index (κ1) is 37.5. The van der Waals surface area contributed by atoms with Gasteiger partial charge in [0.15, 0.2) is 0 Å². The maximum atomic E-state index is 14.6. The number of nitrogens with zero attached hydrogens (tertiary/aromatic N) is 2. The van der Waals surface area contributed by atoms with Crippen LogP contribution in [0.1, 0.15) is 47.6 Å². The quantitative estimate of drug-likeness (QED) is 0.136.